The van der Waals surface area contributed by atoms with Crippen LogP contribution in [0.2, 0.25) is 0 Å². The molecule has 6 nitrogen and oxygen atoms in total. The fraction of sp³-hybridized carbons (Fsp3) is 0.333. The van der Waals surface area contributed by atoms with Gasteiger partial charge < -0.3 is 19.7 Å². The van der Waals surface area contributed by atoms with Crippen molar-refractivity contribution in [3.63, 3.8) is 0 Å². The van der Waals surface area contributed by atoms with Crippen LogP contribution in [0.4, 0.5) is 5.69 Å². The number of nitrogens with zero attached hydrogens (tertiary/aromatic N) is 1. The molecule has 0 aliphatic carbocycles. The van der Waals surface area contributed by atoms with E-state index in [4.69, 9.17) is 9.47 Å². The molecule has 1 aliphatic rings. The molecular formula is C21H24N2O4. The van der Waals surface area contributed by atoms with E-state index >= 15 is 0 Å². The molecule has 0 saturated carbocycles. The number of nitrogens with one attached hydrogen (secondary N) is 1. The minimum absolute atomic E-state index is 0.00121. The molecule has 1 aliphatic heterocycles. The van der Waals surface area contributed by atoms with Crippen molar-refractivity contribution in [1.82, 2.24) is 5.32 Å². The van der Waals surface area contributed by atoms with E-state index in [1.54, 1.807) is 4.90 Å². The van der Waals surface area contributed by atoms with Crippen molar-refractivity contribution in [1.29, 1.82) is 0 Å². The van der Waals surface area contributed by atoms with Gasteiger partial charge >= 0.3 is 0 Å². The highest BCUT2D eigenvalue weighted by Gasteiger charge is 2.25. The topological polar surface area (TPSA) is 67.9 Å². The molecule has 2 aromatic carbocycles. The third kappa shape index (κ3) is 4.58. The maximum Gasteiger partial charge on any atom is 0.265 e. The fourth-order valence-electron chi connectivity index (χ4n) is 3.03. The Balaban J connectivity index is 1.56. The van der Waals surface area contributed by atoms with Gasteiger partial charge in [-0.15, -0.1) is 0 Å². The Morgan fingerprint density at radius 1 is 1.22 bits per heavy atom. The molecule has 1 N–H and O–H groups in total. The lowest BCUT2D eigenvalue weighted by Gasteiger charge is -2.29. The second-order valence-electron chi connectivity index (χ2n) is 6.34. The van der Waals surface area contributed by atoms with Crippen LogP contribution in [0.5, 0.6) is 11.5 Å². The van der Waals surface area contributed by atoms with Gasteiger partial charge in [0, 0.05) is 13.0 Å². The first-order valence-electron chi connectivity index (χ1n) is 9.12. The van der Waals surface area contributed by atoms with Crippen LogP contribution in [0.15, 0.2) is 48.5 Å². The number of carbonyl (C=O) groups excluding carboxylic acids is 2. The lowest BCUT2D eigenvalue weighted by atomic mass is 10.1. The number of rotatable bonds is 7. The average molecular weight is 368 g/mol. The van der Waals surface area contributed by atoms with Gasteiger partial charge in [0.05, 0.1) is 18.3 Å². The van der Waals surface area contributed by atoms with Gasteiger partial charge in [-0.25, -0.2) is 0 Å². The minimum Gasteiger partial charge on any atom is -0.494 e. The molecule has 6 heteroatoms. The number of hydrogen-bond donors (Lipinski definition) is 1. The fourth-order valence-corrected chi connectivity index (χ4v) is 3.03. The lowest BCUT2D eigenvalue weighted by Crippen LogP contribution is -2.41. The van der Waals surface area contributed by atoms with Crippen LogP contribution in [0.25, 0.3) is 0 Å². The van der Waals surface area contributed by atoms with E-state index in [-0.39, 0.29) is 30.9 Å². The largest absolute Gasteiger partial charge is 0.494 e. The normalized spacial score (nSPS) is 14.1. The Kier molecular flexibility index (Phi) is 5.96. The van der Waals surface area contributed by atoms with Crippen molar-refractivity contribution in [2.75, 3.05) is 24.7 Å². The van der Waals surface area contributed by atoms with E-state index < -0.39 is 0 Å². The van der Waals surface area contributed by atoms with E-state index in [0.29, 0.717) is 24.6 Å². The van der Waals surface area contributed by atoms with E-state index in [1.165, 1.54) is 0 Å². The van der Waals surface area contributed by atoms with Gasteiger partial charge in [0.25, 0.3) is 5.91 Å². The number of para-hydroxylation sites is 2. The zero-order valence-electron chi connectivity index (χ0n) is 15.6. The minimum atomic E-state index is -0.138. The molecule has 0 bridgehead atoms. The van der Waals surface area contributed by atoms with Gasteiger partial charge in [-0.3, -0.25) is 9.59 Å². The quantitative estimate of drug-likeness (QED) is 0.816. The summed E-state index contributed by atoms with van der Waals surface area (Å²) < 4.78 is 10.9. The van der Waals surface area contributed by atoms with Crippen molar-refractivity contribution in [2.45, 2.75) is 26.3 Å². The molecule has 27 heavy (non-hydrogen) atoms. The van der Waals surface area contributed by atoms with Gasteiger partial charge in [0.15, 0.2) is 6.61 Å². The molecule has 1 unspecified atom stereocenters. The second-order valence-corrected chi connectivity index (χ2v) is 6.34. The van der Waals surface area contributed by atoms with E-state index in [0.717, 1.165) is 11.3 Å². The standard InChI is InChI=1S/C21H24N2O4/c1-3-26-17-10-8-16(9-11-17)15(2)22-20(24)12-13-23-18-6-4-5-7-19(18)27-14-21(23)25/h4-11,15H,3,12-14H2,1-2H3,(H,22,24). The summed E-state index contributed by atoms with van der Waals surface area (Å²) in [6.45, 7) is 4.81. The molecule has 1 atom stereocenters. The number of fused-ring (bicyclic) bond motifs is 1. The predicted octanol–water partition coefficient (Wildman–Crippen LogP) is 3.08. The van der Waals surface area contributed by atoms with Crippen LogP contribution in [-0.4, -0.2) is 31.6 Å². The van der Waals surface area contributed by atoms with Crippen LogP contribution < -0.4 is 19.7 Å². The summed E-state index contributed by atoms with van der Waals surface area (Å²) in [5.74, 6) is 1.23. The Morgan fingerprint density at radius 2 is 1.96 bits per heavy atom. The number of benzene rings is 2. The molecule has 0 saturated heterocycles. The molecule has 0 radical (unpaired) electrons. The second kappa shape index (κ2) is 8.58. The van der Waals surface area contributed by atoms with Crippen molar-refractivity contribution in [3.05, 3.63) is 54.1 Å². The molecule has 0 aromatic heterocycles. The van der Waals surface area contributed by atoms with Crippen molar-refractivity contribution in [3.8, 4) is 11.5 Å². The average Bonchev–Trinajstić information content (AvgIpc) is 2.68. The van der Waals surface area contributed by atoms with Gasteiger partial charge in [-0.05, 0) is 43.7 Å². The third-order valence-electron chi connectivity index (χ3n) is 4.44. The zero-order valence-corrected chi connectivity index (χ0v) is 15.6. The van der Waals surface area contributed by atoms with Crippen molar-refractivity contribution >= 4 is 17.5 Å². The van der Waals surface area contributed by atoms with Gasteiger partial charge in [0.2, 0.25) is 5.91 Å². The summed E-state index contributed by atoms with van der Waals surface area (Å²) >= 11 is 0. The van der Waals surface area contributed by atoms with Crippen molar-refractivity contribution in [2.24, 2.45) is 0 Å². The summed E-state index contributed by atoms with van der Waals surface area (Å²) in [6, 6.07) is 14.9. The zero-order chi connectivity index (χ0) is 19.2. The molecule has 142 valence electrons. The predicted molar refractivity (Wildman–Crippen MR) is 103 cm³/mol. The first kappa shape index (κ1) is 18.8. The first-order valence-corrected chi connectivity index (χ1v) is 9.12. The molecule has 2 aromatic rings. The van der Waals surface area contributed by atoms with Crippen molar-refractivity contribution < 1.29 is 19.1 Å². The number of anilines is 1. The van der Waals surface area contributed by atoms with Crippen LogP contribution in [-0.2, 0) is 9.59 Å². The Labute approximate surface area is 159 Å². The first-order chi connectivity index (χ1) is 13.1. The van der Waals surface area contributed by atoms with Crippen LogP contribution in [0.1, 0.15) is 31.9 Å². The van der Waals surface area contributed by atoms with Crippen LogP contribution >= 0.6 is 0 Å². The molecule has 0 spiro atoms. The lowest BCUT2D eigenvalue weighted by molar-refractivity contribution is -0.122. The summed E-state index contributed by atoms with van der Waals surface area (Å²) in [5.41, 5.74) is 1.71. The van der Waals surface area contributed by atoms with Gasteiger partial charge in [-0.2, -0.15) is 0 Å². The monoisotopic (exact) mass is 368 g/mol. The van der Waals surface area contributed by atoms with E-state index in [2.05, 4.69) is 5.32 Å². The highest BCUT2D eigenvalue weighted by Crippen LogP contribution is 2.31. The summed E-state index contributed by atoms with van der Waals surface area (Å²) in [5, 5.41) is 2.98. The molecule has 3 rings (SSSR count). The van der Waals surface area contributed by atoms with Gasteiger partial charge in [0.1, 0.15) is 11.5 Å². The maximum atomic E-state index is 12.4. The van der Waals surface area contributed by atoms with Crippen LogP contribution in [0, 0.1) is 0 Å². The molecule has 1 heterocycles. The van der Waals surface area contributed by atoms with E-state index in [9.17, 15) is 9.59 Å². The molecule has 0 fully saturated rings. The van der Waals surface area contributed by atoms with Crippen LogP contribution in [0.3, 0.4) is 0 Å². The number of ether oxygens (including phenoxy) is 2. The third-order valence-corrected chi connectivity index (χ3v) is 4.44. The molecular weight excluding hydrogens is 344 g/mol. The smallest absolute Gasteiger partial charge is 0.265 e. The SMILES string of the molecule is CCOc1ccc(C(C)NC(=O)CCN2C(=O)COc3ccccc32)cc1. The van der Waals surface area contributed by atoms with E-state index in [1.807, 2.05) is 62.4 Å². The highest BCUT2D eigenvalue weighted by molar-refractivity contribution is 5.98. The number of carbonyl (C=O) groups is 2. The van der Waals surface area contributed by atoms with Gasteiger partial charge in [-0.1, -0.05) is 24.3 Å². The number of amides is 2. The summed E-state index contributed by atoms with van der Waals surface area (Å²) in [4.78, 5) is 26.1. The summed E-state index contributed by atoms with van der Waals surface area (Å²) in [6.07, 6.45) is 0.224. The number of hydrogen-bond acceptors (Lipinski definition) is 4. The summed E-state index contributed by atoms with van der Waals surface area (Å²) in [7, 11) is 0. The Hall–Kier alpha value is -3.02. The maximum absolute atomic E-state index is 12.4. The molecule has 2 amide bonds. The highest BCUT2D eigenvalue weighted by atomic mass is 16.5. The Bertz CT molecular complexity index is 804. The Morgan fingerprint density at radius 3 is 2.70 bits per heavy atom.